The molecule has 4 heteroatoms. The molecule has 0 amide bonds. The number of likely N-dealkylation sites (tertiary alicyclic amines) is 1. The number of rotatable bonds is 4. The van der Waals surface area contributed by atoms with Gasteiger partial charge in [0.2, 0.25) is 0 Å². The fraction of sp³-hybridized carbons (Fsp3) is 0.217. The second kappa shape index (κ2) is 8.05. The van der Waals surface area contributed by atoms with Crippen LogP contribution in [-0.2, 0) is 6.54 Å². The van der Waals surface area contributed by atoms with Crippen molar-refractivity contribution in [1.82, 2.24) is 4.90 Å². The molecule has 2 nitrogen and oxygen atoms in total. The van der Waals surface area contributed by atoms with Gasteiger partial charge in [0.05, 0.1) is 0 Å². The summed E-state index contributed by atoms with van der Waals surface area (Å²) in [6.07, 6.45) is 0. The predicted molar refractivity (Wildman–Crippen MR) is 114 cm³/mol. The van der Waals surface area contributed by atoms with Crippen LogP contribution >= 0.6 is 27.5 Å². The average Bonchev–Trinajstić information content (AvgIpc) is 3.08. The maximum absolute atomic E-state index is 10.5. The Kier molecular flexibility index (Phi) is 5.53. The Balaban J connectivity index is 1.69. The highest BCUT2D eigenvalue weighted by Gasteiger charge is 2.37. The van der Waals surface area contributed by atoms with Crippen LogP contribution in [0.15, 0.2) is 77.3 Å². The molecule has 4 rings (SSSR count). The Labute approximate surface area is 173 Å². The number of aromatic hydroxyl groups is 1. The molecule has 2 unspecified atom stereocenters. The van der Waals surface area contributed by atoms with Crippen molar-refractivity contribution in [3.63, 3.8) is 0 Å². The van der Waals surface area contributed by atoms with Gasteiger partial charge in [-0.25, -0.2) is 0 Å². The van der Waals surface area contributed by atoms with Crippen LogP contribution in [-0.4, -0.2) is 23.1 Å². The molecule has 0 bridgehead atoms. The van der Waals surface area contributed by atoms with Crippen molar-refractivity contribution in [2.24, 2.45) is 0 Å². The molecule has 3 aromatic carbocycles. The van der Waals surface area contributed by atoms with Crippen LogP contribution in [0.4, 0.5) is 0 Å². The van der Waals surface area contributed by atoms with Crippen molar-refractivity contribution < 1.29 is 5.11 Å². The zero-order chi connectivity index (χ0) is 18.8. The van der Waals surface area contributed by atoms with E-state index in [2.05, 4.69) is 63.3 Å². The van der Waals surface area contributed by atoms with Gasteiger partial charge >= 0.3 is 0 Å². The van der Waals surface area contributed by atoms with E-state index in [1.807, 2.05) is 18.2 Å². The van der Waals surface area contributed by atoms with Crippen LogP contribution < -0.4 is 0 Å². The fourth-order valence-electron chi connectivity index (χ4n) is 4.08. The van der Waals surface area contributed by atoms with Crippen LogP contribution in [0.2, 0.25) is 5.02 Å². The summed E-state index contributed by atoms with van der Waals surface area (Å²) in [6.45, 7) is 2.72. The first-order chi connectivity index (χ1) is 13.1. The number of hydrogen-bond acceptors (Lipinski definition) is 2. The zero-order valence-corrected chi connectivity index (χ0v) is 17.2. The van der Waals surface area contributed by atoms with Gasteiger partial charge in [-0.05, 0) is 35.4 Å². The Hall–Kier alpha value is -1.81. The van der Waals surface area contributed by atoms with Crippen molar-refractivity contribution in [3.8, 4) is 5.75 Å². The number of halogens is 2. The highest BCUT2D eigenvalue weighted by atomic mass is 79.9. The van der Waals surface area contributed by atoms with Gasteiger partial charge in [-0.3, -0.25) is 4.90 Å². The lowest BCUT2D eigenvalue weighted by atomic mass is 9.84. The molecule has 1 heterocycles. The second-order valence-corrected chi connectivity index (χ2v) is 8.41. The Morgan fingerprint density at radius 3 is 2.30 bits per heavy atom. The van der Waals surface area contributed by atoms with E-state index in [1.54, 1.807) is 12.1 Å². The summed E-state index contributed by atoms with van der Waals surface area (Å²) in [4.78, 5) is 2.46. The van der Waals surface area contributed by atoms with E-state index < -0.39 is 0 Å². The normalized spacial score (nSPS) is 20.1. The van der Waals surface area contributed by atoms with Crippen molar-refractivity contribution in [2.45, 2.75) is 18.4 Å². The minimum Gasteiger partial charge on any atom is -0.508 e. The number of benzene rings is 3. The van der Waals surface area contributed by atoms with Gasteiger partial charge in [0, 0.05) is 46.5 Å². The number of nitrogens with zero attached hydrogens (tertiary/aromatic N) is 1. The van der Waals surface area contributed by atoms with Gasteiger partial charge in [-0.1, -0.05) is 76.1 Å². The maximum atomic E-state index is 10.5. The monoisotopic (exact) mass is 441 g/mol. The maximum Gasteiger partial charge on any atom is 0.119 e. The van der Waals surface area contributed by atoms with E-state index in [-0.39, 0.29) is 11.8 Å². The molecular weight excluding hydrogens is 422 g/mol. The van der Waals surface area contributed by atoms with Crippen molar-refractivity contribution in [1.29, 1.82) is 0 Å². The second-order valence-electron chi connectivity index (χ2n) is 7.12. The first-order valence-electron chi connectivity index (χ1n) is 9.11. The third-order valence-electron chi connectivity index (χ3n) is 5.34. The molecule has 0 aliphatic carbocycles. The summed E-state index contributed by atoms with van der Waals surface area (Å²) in [5, 5.41) is 11.2. The third-order valence-corrected chi connectivity index (χ3v) is 6.30. The summed E-state index contributed by atoms with van der Waals surface area (Å²) < 4.78 is 1.11. The van der Waals surface area contributed by atoms with E-state index >= 15 is 0 Å². The van der Waals surface area contributed by atoms with E-state index in [9.17, 15) is 5.11 Å². The summed E-state index contributed by atoms with van der Waals surface area (Å²) in [6, 6.07) is 24.3. The van der Waals surface area contributed by atoms with Gasteiger partial charge < -0.3 is 5.11 Å². The first-order valence-corrected chi connectivity index (χ1v) is 10.3. The van der Waals surface area contributed by atoms with Gasteiger partial charge in [0.1, 0.15) is 5.75 Å². The summed E-state index contributed by atoms with van der Waals surface area (Å²) >= 11 is 9.97. The van der Waals surface area contributed by atoms with Gasteiger partial charge in [-0.15, -0.1) is 0 Å². The molecule has 1 N–H and O–H groups in total. The highest BCUT2D eigenvalue weighted by Crippen LogP contribution is 2.45. The molecule has 1 saturated heterocycles. The molecule has 27 heavy (non-hydrogen) atoms. The molecule has 3 aromatic rings. The molecule has 0 saturated carbocycles. The lowest BCUT2D eigenvalue weighted by molar-refractivity contribution is 0.323. The minimum atomic E-state index is 0.186. The average molecular weight is 443 g/mol. The topological polar surface area (TPSA) is 23.5 Å². The predicted octanol–water partition coefficient (Wildman–Crippen LogP) is 6.19. The van der Waals surface area contributed by atoms with Crippen LogP contribution in [0.25, 0.3) is 0 Å². The summed E-state index contributed by atoms with van der Waals surface area (Å²) in [5.41, 5.74) is 3.51. The number of hydrogen-bond donors (Lipinski definition) is 1. The molecule has 138 valence electrons. The summed E-state index contributed by atoms with van der Waals surface area (Å²) in [7, 11) is 0. The van der Waals surface area contributed by atoms with E-state index in [4.69, 9.17) is 11.6 Å². The third kappa shape index (κ3) is 4.06. The molecule has 1 aliphatic heterocycles. The van der Waals surface area contributed by atoms with Gasteiger partial charge in [0.15, 0.2) is 0 Å². The Morgan fingerprint density at radius 1 is 0.889 bits per heavy atom. The quantitative estimate of drug-likeness (QED) is 0.520. The van der Waals surface area contributed by atoms with E-state index in [1.165, 1.54) is 11.1 Å². The van der Waals surface area contributed by atoms with Crippen molar-refractivity contribution >= 4 is 27.5 Å². The Morgan fingerprint density at radius 2 is 1.56 bits per heavy atom. The van der Waals surface area contributed by atoms with E-state index in [0.717, 1.165) is 29.7 Å². The number of phenols is 1. The van der Waals surface area contributed by atoms with Crippen LogP contribution in [0.1, 0.15) is 28.5 Å². The molecule has 2 atom stereocenters. The lowest BCUT2D eigenvalue weighted by Gasteiger charge is -2.21. The summed E-state index contributed by atoms with van der Waals surface area (Å²) in [5.74, 6) is 0.794. The molecule has 0 radical (unpaired) electrons. The molecule has 1 fully saturated rings. The zero-order valence-electron chi connectivity index (χ0n) is 14.9. The lowest BCUT2D eigenvalue weighted by Crippen LogP contribution is -2.20. The van der Waals surface area contributed by atoms with Crippen LogP contribution in [0.3, 0.4) is 0 Å². The largest absolute Gasteiger partial charge is 0.508 e. The molecular formula is C23H21BrClNO. The molecule has 1 aliphatic rings. The van der Waals surface area contributed by atoms with Crippen molar-refractivity contribution in [3.05, 3.63) is 99.0 Å². The molecule has 0 spiro atoms. The standard InChI is InChI=1S/C23H21BrClNO/c24-22-9-5-4-8-18(22)20-14-26(13-16-6-2-1-3-7-16)15-21(20)19-12-17(25)10-11-23(19)27/h1-12,20-21,27H,13-15H2. The molecule has 0 aromatic heterocycles. The van der Waals surface area contributed by atoms with Crippen LogP contribution in [0, 0.1) is 0 Å². The van der Waals surface area contributed by atoms with E-state index in [0.29, 0.717) is 10.8 Å². The Bertz CT molecular complexity index is 931. The fourth-order valence-corrected chi connectivity index (χ4v) is 4.84. The smallest absolute Gasteiger partial charge is 0.119 e. The highest BCUT2D eigenvalue weighted by molar-refractivity contribution is 9.10. The number of phenolic OH excluding ortho intramolecular Hbond substituents is 1. The minimum absolute atomic E-state index is 0.186. The van der Waals surface area contributed by atoms with Gasteiger partial charge in [0.25, 0.3) is 0 Å². The first kappa shape index (κ1) is 18.5. The SMILES string of the molecule is Oc1ccc(Cl)cc1C1CN(Cc2ccccc2)CC1c1ccccc1Br. The van der Waals surface area contributed by atoms with Crippen molar-refractivity contribution in [2.75, 3.05) is 13.1 Å². The van der Waals surface area contributed by atoms with Gasteiger partial charge in [-0.2, -0.15) is 0 Å². The van der Waals surface area contributed by atoms with Crippen LogP contribution in [0.5, 0.6) is 5.75 Å².